The van der Waals surface area contributed by atoms with Crippen LogP contribution in [0.5, 0.6) is 0 Å². The van der Waals surface area contributed by atoms with Crippen LogP contribution in [-0.4, -0.2) is 24.5 Å². The second-order valence-electron chi connectivity index (χ2n) is 6.43. The van der Waals surface area contributed by atoms with E-state index in [1.165, 1.54) is 16.7 Å². The van der Waals surface area contributed by atoms with Crippen LogP contribution in [0, 0.1) is 13.8 Å². The summed E-state index contributed by atoms with van der Waals surface area (Å²) < 4.78 is 0. The number of nitrogens with zero attached hydrogens (tertiary/aromatic N) is 1. The van der Waals surface area contributed by atoms with Gasteiger partial charge in [-0.2, -0.15) is 0 Å². The van der Waals surface area contributed by atoms with Gasteiger partial charge in [-0.15, -0.1) is 0 Å². The fourth-order valence-corrected chi connectivity index (χ4v) is 2.15. The standard InChI is InChI=1S/C17H25N3/c1-12-6-7-14(10-13(12)2)15-11-16(19-9-8-18-15)20-17(3,4)5/h6-7,10-11,18H,8-9H2,1-5H3,(H,19,20). The summed E-state index contributed by atoms with van der Waals surface area (Å²) in [7, 11) is 0. The molecule has 0 radical (unpaired) electrons. The van der Waals surface area contributed by atoms with Gasteiger partial charge in [0.15, 0.2) is 0 Å². The molecule has 2 rings (SSSR count). The van der Waals surface area contributed by atoms with E-state index >= 15 is 0 Å². The highest BCUT2D eigenvalue weighted by Gasteiger charge is 2.14. The maximum absolute atomic E-state index is 4.59. The lowest BCUT2D eigenvalue weighted by atomic mass is 10.0. The molecule has 2 N–H and O–H groups in total. The summed E-state index contributed by atoms with van der Waals surface area (Å²) in [5, 5.41) is 6.92. The molecular weight excluding hydrogens is 246 g/mol. The molecule has 1 aliphatic rings. The Bertz CT molecular complexity index is 548. The Balaban J connectivity index is 2.30. The van der Waals surface area contributed by atoms with E-state index < -0.39 is 0 Å². The Labute approximate surface area is 122 Å². The van der Waals surface area contributed by atoms with E-state index in [0.717, 1.165) is 24.6 Å². The zero-order chi connectivity index (χ0) is 14.8. The average Bonchev–Trinajstić information content (AvgIpc) is 2.56. The van der Waals surface area contributed by atoms with Gasteiger partial charge >= 0.3 is 0 Å². The van der Waals surface area contributed by atoms with Gasteiger partial charge in [-0.05, 0) is 57.4 Å². The normalized spacial score (nSPS) is 15.8. The highest BCUT2D eigenvalue weighted by molar-refractivity contribution is 5.99. The Morgan fingerprint density at radius 2 is 1.90 bits per heavy atom. The number of amidine groups is 1. The SMILES string of the molecule is Cc1ccc(C2=CC(NC(C)(C)C)=NCCN2)cc1C. The van der Waals surface area contributed by atoms with Crippen LogP contribution >= 0.6 is 0 Å². The molecule has 0 saturated heterocycles. The predicted molar refractivity (Wildman–Crippen MR) is 87.1 cm³/mol. The van der Waals surface area contributed by atoms with Crippen LogP contribution in [0.25, 0.3) is 5.70 Å². The molecule has 0 fully saturated rings. The third-order valence-electron chi connectivity index (χ3n) is 3.31. The summed E-state index contributed by atoms with van der Waals surface area (Å²) in [6.45, 7) is 12.4. The Hall–Kier alpha value is -1.77. The van der Waals surface area contributed by atoms with Crippen LogP contribution in [0.1, 0.15) is 37.5 Å². The minimum atomic E-state index is 0.0218. The molecule has 0 aliphatic carbocycles. The topological polar surface area (TPSA) is 36.4 Å². The van der Waals surface area contributed by atoms with Gasteiger partial charge in [0.2, 0.25) is 0 Å². The Kier molecular flexibility index (Phi) is 4.17. The van der Waals surface area contributed by atoms with Gasteiger partial charge in [0.05, 0.1) is 6.54 Å². The van der Waals surface area contributed by atoms with Crippen molar-refractivity contribution in [3.8, 4) is 0 Å². The zero-order valence-electron chi connectivity index (χ0n) is 13.2. The van der Waals surface area contributed by atoms with E-state index in [2.05, 4.69) is 74.5 Å². The third kappa shape index (κ3) is 3.86. The minimum Gasteiger partial charge on any atom is -0.383 e. The van der Waals surface area contributed by atoms with Crippen molar-refractivity contribution in [2.24, 2.45) is 4.99 Å². The number of rotatable bonds is 1. The molecule has 0 spiro atoms. The first kappa shape index (κ1) is 14.6. The van der Waals surface area contributed by atoms with E-state index in [1.54, 1.807) is 0 Å². The predicted octanol–water partition coefficient (Wildman–Crippen LogP) is 3.03. The molecule has 3 nitrogen and oxygen atoms in total. The Morgan fingerprint density at radius 3 is 2.55 bits per heavy atom. The maximum atomic E-state index is 4.59. The Morgan fingerprint density at radius 1 is 1.15 bits per heavy atom. The molecule has 3 heteroatoms. The first-order chi connectivity index (χ1) is 9.35. The fourth-order valence-electron chi connectivity index (χ4n) is 2.15. The van der Waals surface area contributed by atoms with Crippen molar-refractivity contribution in [2.75, 3.05) is 13.1 Å². The van der Waals surface area contributed by atoms with Gasteiger partial charge in [-0.1, -0.05) is 12.1 Å². The van der Waals surface area contributed by atoms with Gasteiger partial charge in [-0.3, -0.25) is 4.99 Å². The smallest absolute Gasteiger partial charge is 0.123 e. The zero-order valence-corrected chi connectivity index (χ0v) is 13.2. The minimum absolute atomic E-state index is 0.0218. The fraction of sp³-hybridized carbons (Fsp3) is 0.471. The number of hydrogen-bond acceptors (Lipinski definition) is 3. The number of aliphatic imine (C=N–C) groups is 1. The molecule has 0 bridgehead atoms. The monoisotopic (exact) mass is 271 g/mol. The third-order valence-corrected chi connectivity index (χ3v) is 3.31. The van der Waals surface area contributed by atoms with Gasteiger partial charge in [0, 0.05) is 23.9 Å². The van der Waals surface area contributed by atoms with Crippen molar-refractivity contribution in [3.05, 3.63) is 41.0 Å². The maximum Gasteiger partial charge on any atom is 0.123 e. The van der Waals surface area contributed by atoms with Crippen LogP contribution in [0.3, 0.4) is 0 Å². The molecule has 1 heterocycles. The highest BCUT2D eigenvalue weighted by Crippen LogP contribution is 2.17. The van der Waals surface area contributed by atoms with Crippen LogP contribution in [-0.2, 0) is 0 Å². The molecule has 1 aliphatic heterocycles. The molecule has 0 atom stereocenters. The molecule has 1 aromatic rings. The largest absolute Gasteiger partial charge is 0.383 e. The summed E-state index contributed by atoms with van der Waals surface area (Å²) in [5.41, 5.74) is 5.02. The lowest BCUT2D eigenvalue weighted by Gasteiger charge is -2.22. The van der Waals surface area contributed by atoms with Crippen molar-refractivity contribution < 1.29 is 0 Å². The molecule has 0 aromatic heterocycles. The molecule has 20 heavy (non-hydrogen) atoms. The number of aryl methyl sites for hydroxylation is 2. The van der Waals surface area contributed by atoms with E-state index in [-0.39, 0.29) is 5.54 Å². The molecule has 0 unspecified atom stereocenters. The van der Waals surface area contributed by atoms with E-state index in [1.807, 2.05) is 0 Å². The van der Waals surface area contributed by atoms with Gasteiger partial charge in [0.25, 0.3) is 0 Å². The van der Waals surface area contributed by atoms with Crippen LogP contribution in [0.15, 0.2) is 29.3 Å². The highest BCUT2D eigenvalue weighted by atomic mass is 15.1. The van der Waals surface area contributed by atoms with E-state index in [4.69, 9.17) is 0 Å². The van der Waals surface area contributed by atoms with E-state index in [9.17, 15) is 0 Å². The number of hydrogen-bond donors (Lipinski definition) is 2. The van der Waals surface area contributed by atoms with Crippen molar-refractivity contribution in [2.45, 2.75) is 40.2 Å². The van der Waals surface area contributed by atoms with Crippen molar-refractivity contribution >= 4 is 11.5 Å². The van der Waals surface area contributed by atoms with Crippen LogP contribution in [0.4, 0.5) is 0 Å². The van der Waals surface area contributed by atoms with Crippen LogP contribution in [0.2, 0.25) is 0 Å². The molecule has 0 saturated carbocycles. The van der Waals surface area contributed by atoms with Gasteiger partial charge in [-0.25, -0.2) is 0 Å². The number of nitrogens with one attached hydrogen (secondary N) is 2. The lowest BCUT2D eigenvalue weighted by molar-refractivity contribution is 0.512. The average molecular weight is 271 g/mol. The van der Waals surface area contributed by atoms with Crippen LogP contribution < -0.4 is 10.6 Å². The van der Waals surface area contributed by atoms with Gasteiger partial charge in [0.1, 0.15) is 5.84 Å². The summed E-state index contributed by atoms with van der Waals surface area (Å²) >= 11 is 0. The summed E-state index contributed by atoms with van der Waals surface area (Å²) in [6.07, 6.45) is 2.11. The second kappa shape index (κ2) is 5.70. The molecule has 108 valence electrons. The second-order valence-corrected chi connectivity index (χ2v) is 6.43. The number of benzene rings is 1. The summed E-state index contributed by atoms with van der Waals surface area (Å²) in [6, 6.07) is 6.57. The first-order valence-corrected chi connectivity index (χ1v) is 7.21. The van der Waals surface area contributed by atoms with Gasteiger partial charge < -0.3 is 10.6 Å². The van der Waals surface area contributed by atoms with Crippen molar-refractivity contribution in [1.82, 2.24) is 10.6 Å². The van der Waals surface area contributed by atoms with Crippen molar-refractivity contribution in [1.29, 1.82) is 0 Å². The lowest BCUT2D eigenvalue weighted by Crippen LogP contribution is -2.40. The first-order valence-electron chi connectivity index (χ1n) is 7.21. The quantitative estimate of drug-likeness (QED) is 0.823. The van der Waals surface area contributed by atoms with E-state index in [0.29, 0.717) is 0 Å². The molecule has 0 amide bonds. The molecular formula is C17H25N3. The van der Waals surface area contributed by atoms with Crippen molar-refractivity contribution in [3.63, 3.8) is 0 Å². The summed E-state index contributed by atoms with van der Waals surface area (Å²) in [4.78, 5) is 4.59. The summed E-state index contributed by atoms with van der Waals surface area (Å²) in [5.74, 6) is 0.954. The molecule has 1 aromatic carbocycles.